The summed E-state index contributed by atoms with van der Waals surface area (Å²) < 4.78 is 5.04. The van der Waals surface area contributed by atoms with Gasteiger partial charge >= 0.3 is 0 Å². The van der Waals surface area contributed by atoms with E-state index in [4.69, 9.17) is 15.3 Å². The highest BCUT2D eigenvalue weighted by Crippen LogP contribution is 2.17. The highest BCUT2D eigenvalue weighted by atomic mass is 16.5. The molecule has 0 fully saturated rings. The molecule has 1 aromatic carbocycles. The van der Waals surface area contributed by atoms with E-state index < -0.39 is 0 Å². The Kier molecular flexibility index (Phi) is 14.7. The molecule has 4 nitrogen and oxygen atoms in total. The Labute approximate surface area is 146 Å². The number of methoxy groups -OCH3 is 1. The number of pyridine rings is 1. The van der Waals surface area contributed by atoms with Crippen molar-refractivity contribution in [3.05, 3.63) is 58.9 Å². The molecule has 0 aliphatic carbocycles. The second-order valence-electron chi connectivity index (χ2n) is 4.07. The maximum Gasteiger partial charge on any atom is 0.140 e. The largest absolute Gasteiger partial charge is 0.496 e. The molecule has 0 radical (unpaired) electrons. The number of hydrogen-bond donors (Lipinski definition) is 0. The molecule has 0 saturated heterocycles. The molecule has 0 bridgehead atoms. The van der Waals surface area contributed by atoms with Gasteiger partial charge in [-0.05, 0) is 43.7 Å². The molecule has 0 saturated carbocycles. The van der Waals surface area contributed by atoms with Gasteiger partial charge in [-0.15, -0.1) is 0 Å². The van der Waals surface area contributed by atoms with Crippen LogP contribution in [0.4, 0.5) is 0 Å². The second-order valence-corrected chi connectivity index (χ2v) is 4.07. The molecule has 1 aromatic heterocycles. The number of aromatic nitrogens is 1. The van der Waals surface area contributed by atoms with Gasteiger partial charge in [-0.25, -0.2) is 4.98 Å². The molecule has 0 unspecified atom stereocenters. The Hall–Kier alpha value is -2.85. The summed E-state index contributed by atoms with van der Waals surface area (Å²) in [5.74, 6) is 0.768. The van der Waals surface area contributed by atoms with E-state index in [1.807, 2.05) is 71.9 Å². The summed E-state index contributed by atoms with van der Waals surface area (Å²) >= 11 is 0. The van der Waals surface area contributed by atoms with Crippen molar-refractivity contribution in [3.63, 3.8) is 0 Å². The van der Waals surface area contributed by atoms with Gasteiger partial charge < -0.3 is 4.74 Å². The average Bonchev–Trinajstić information content (AvgIpc) is 2.66. The van der Waals surface area contributed by atoms with E-state index in [9.17, 15) is 0 Å². The van der Waals surface area contributed by atoms with E-state index in [0.717, 1.165) is 17.0 Å². The van der Waals surface area contributed by atoms with Crippen LogP contribution >= 0.6 is 0 Å². The molecule has 0 amide bonds. The molecule has 0 aliphatic heterocycles. The summed E-state index contributed by atoms with van der Waals surface area (Å²) in [6, 6.07) is 14.8. The lowest BCUT2D eigenvalue weighted by Crippen LogP contribution is -1.87. The van der Waals surface area contributed by atoms with Crippen LogP contribution in [0, 0.1) is 36.5 Å². The summed E-state index contributed by atoms with van der Waals surface area (Å²) in [6.07, 6.45) is 0. The fourth-order valence-electron chi connectivity index (χ4n) is 1.49. The van der Waals surface area contributed by atoms with E-state index in [1.165, 1.54) is 0 Å². The quantitative estimate of drug-likeness (QED) is 0.723. The molecule has 0 aliphatic rings. The molecule has 2 rings (SSSR count). The molecule has 24 heavy (non-hydrogen) atoms. The Balaban J connectivity index is 0. The van der Waals surface area contributed by atoms with E-state index >= 15 is 0 Å². The zero-order chi connectivity index (χ0) is 19.0. The maximum atomic E-state index is 8.54. The molecule has 4 heteroatoms. The highest BCUT2D eigenvalue weighted by molar-refractivity contribution is 5.41. The Morgan fingerprint density at radius 1 is 0.917 bits per heavy atom. The fourth-order valence-corrected chi connectivity index (χ4v) is 1.49. The van der Waals surface area contributed by atoms with Gasteiger partial charge in [-0.2, -0.15) is 10.5 Å². The first-order valence-corrected chi connectivity index (χ1v) is 7.99. The first kappa shape index (κ1) is 23.4. The van der Waals surface area contributed by atoms with Crippen LogP contribution < -0.4 is 4.74 Å². The van der Waals surface area contributed by atoms with Crippen molar-refractivity contribution in [2.24, 2.45) is 0 Å². The van der Waals surface area contributed by atoms with Crippen molar-refractivity contribution in [1.29, 1.82) is 10.5 Å². The molecule has 128 valence electrons. The zero-order valence-electron chi connectivity index (χ0n) is 15.7. The third kappa shape index (κ3) is 9.23. The predicted octanol–water partition coefficient (Wildman–Crippen LogP) is 5.19. The number of benzene rings is 1. The highest BCUT2D eigenvalue weighted by Gasteiger charge is 1.97. The number of nitrogens with zero attached hydrogens (tertiary/aromatic N) is 3. The van der Waals surface area contributed by atoms with Gasteiger partial charge in [0.15, 0.2) is 0 Å². The predicted molar refractivity (Wildman–Crippen MR) is 98.8 cm³/mol. The van der Waals surface area contributed by atoms with Crippen molar-refractivity contribution >= 4 is 0 Å². The lowest BCUT2D eigenvalue weighted by molar-refractivity contribution is 0.411. The van der Waals surface area contributed by atoms with Crippen LogP contribution in [-0.4, -0.2) is 12.1 Å². The minimum Gasteiger partial charge on any atom is -0.496 e. The van der Waals surface area contributed by atoms with Crippen molar-refractivity contribution < 1.29 is 4.74 Å². The van der Waals surface area contributed by atoms with Gasteiger partial charge in [0.25, 0.3) is 0 Å². The molecule has 0 spiro atoms. The first-order valence-electron chi connectivity index (χ1n) is 7.99. The van der Waals surface area contributed by atoms with Crippen LogP contribution in [0.15, 0.2) is 36.4 Å². The van der Waals surface area contributed by atoms with Gasteiger partial charge in [0.1, 0.15) is 17.5 Å². The molecular formula is C20H27N3O. The minimum absolute atomic E-state index is 0.481. The van der Waals surface area contributed by atoms with Crippen LogP contribution in [0.3, 0.4) is 0 Å². The van der Waals surface area contributed by atoms with Gasteiger partial charge in [0, 0.05) is 5.69 Å². The Bertz CT molecular complexity index is 667. The van der Waals surface area contributed by atoms with Crippen LogP contribution in [0.2, 0.25) is 0 Å². The number of nitriles is 2. The zero-order valence-corrected chi connectivity index (χ0v) is 15.7. The maximum absolute atomic E-state index is 8.54. The van der Waals surface area contributed by atoms with Crippen LogP contribution in [0.1, 0.15) is 50.2 Å². The molecular weight excluding hydrogens is 298 g/mol. The summed E-state index contributed by atoms with van der Waals surface area (Å²) in [5, 5.41) is 16.9. The lowest BCUT2D eigenvalue weighted by atomic mass is 10.1. The van der Waals surface area contributed by atoms with Crippen molar-refractivity contribution in [2.45, 2.75) is 41.5 Å². The van der Waals surface area contributed by atoms with Gasteiger partial charge in [0.2, 0.25) is 0 Å². The normalized spacial score (nSPS) is 7.71. The Morgan fingerprint density at radius 2 is 1.54 bits per heavy atom. The topological polar surface area (TPSA) is 69.7 Å². The van der Waals surface area contributed by atoms with Gasteiger partial charge in [-0.3, -0.25) is 0 Å². The van der Waals surface area contributed by atoms with Crippen molar-refractivity contribution in [2.75, 3.05) is 7.11 Å². The number of ether oxygens (including phenoxy) is 1. The third-order valence-corrected chi connectivity index (χ3v) is 2.54. The van der Waals surface area contributed by atoms with Crippen LogP contribution in [0.5, 0.6) is 5.75 Å². The summed E-state index contributed by atoms with van der Waals surface area (Å²) in [6.45, 7) is 11.8. The van der Waals surface area contributed by atoms with Gasteiger partial charge in [-0.1, -0.05) is 39.8 Å². The van der Waals surface area contributed by atoms with Gasteiger partial charge in [0.05, 0.1) is 18.7 Å². The number of hydrogen-bond acceptors (Lipinski definition) is 4. The van der Waals surface area contributed by atoms with E-state index in [-0.39, 0.29) is 0 Å². The fraction of sp³-hybridized carbons (Fsp3) is 0.350. The van der Waals surface area contributed by atoms with Crippen LogP contribution in [0.25, 0.3) is 0 Å². The number of aryl methyl sites for hydroxylation is 2. The summed E-state index contributed by atoms with van der Waals surface area (Å²) in [7, 11) is 1.60. The van der Waals surface area contributed by atoms with E-state index in [0.29, 0.717) is 11.3 Å². The molecule has 2 aromatic rings. The Morgan fingerprint density at radius 3 is 1.96 bits per heavy atom. The van der Waals surface area contributed by atoms with Crippen molar-refractivity contribution in [3.8, 4) is 17.9 Å². The first-order chi connectivity index (χ1) is 11.6. The summed E-state index contributed by atoms with van der Waals surface area (Å²) in [5.41, 5.74) is 3.04. The second kappa shape index (κ2) is 15.1. The minimum atomic E-state index is 0.481. The summed E-state index contributed by atoms with van der Waals surface area (Å²) in [4.78, 5) is 3.93. The standard InChI is InChI=1S/C9H9NO.C7H6N2.2C2H6/c1-7-3-4-8(6-10)5-9(7)11-2;1-6-3-2-4-7(5-8)9-6;2*1-2/h3-5H,1-2H3;2-4H,1H3;2*1-2H3. The molecule has 0 atom stereocenters. The molecule has 0 N–H and O–H groups in total. The SMILES string of the molecule is CC.CC.COc1cc(C#N)ccc1C.Cc1cccc(C#N)n1. The number of rotatable bonds is 1. The monoisotopic (exact) mass is 325 g/mol. The van der Waals surface area contributed by atoms with Crippen LogP contribution in [-0.2, 0) is 0 Å². The lowest BCUT2D eigenvalue weighted by Gasteiger charge is -2.02. The third-order valence-electron chi connectivity index (χ3n) is 2.54. The van der Waals surface area contributed by atoms with Crippen molar-refractivity contribution in [1.82, 2.24) is 4.98 Å². The smallest absolute Gasteiger partial charge is 0.140 e. The van der Waals surface area contributed by atoms with E-state index in [1.54, 1.807) is 25.3 Å². The average molecular weight is 325 g/mol. The molecule has 1 heterocycles. The van der Waals surface area contributed by atoms with E-state index in [2.05, 4.69) is 4.98 Å².